The Morgan fingerprint density at radius 3 is 2.71 bits per heavy atom. The van der Waals surface area contributed by atoms with Crippen molar-refractivity contribution < 1.29 is 14.3 Å². The third kappa shape index (κ3) is 3.22. The molecule has 1 aliphatic heterocycles. The molecule has 3 aromatic rings. The minimum Gasteiger partial charge on any atom is -0.462 e. The number of esters is 1. The quantitative estimate of drug-likeness (QED) is 0.604. The molecule has 0 amide bonds. The second kappa shape index (κ2) is 7.80. The van der Waals surface area contributed by atoms with E-state index in [0.717, 1.165) is 25.0 Å². The van der Waals surface area contributed by atoms with Gasteiger partial charge in [-0.2, -0.15) is 0 Å². The second-order valence-corrected chi connectivity index (χ2v) is 7.37. The summed E-state index contributed by atoms with van der Waals surface area (Å²) < 4.78 is 11.9. The van der Waals surface area contributed by atoms with Gasteiger partial charge in [0.1, 0.15) is 5.60 Å². The molecular weight excluding hydrogens is 350 g/mol. The van der Waals surface area contributed by atoms with E-state index in [9.17, 15) is 4.79 Å². The summed E-state index contributed by atoms with van der Waals surface area (Å²) in [6.07, 6.45) is 3.37. The van der Waals surface area contributed by atoms with Gasteiger partial charge in [-0.1, -0.05) is 50.2 Å². The first-order chi connectivity index (χ1) is 13.7. The Balaban J connectivity index is 1.59. The molecule has 0 saturated carbocycles. The number of aromatic amines is 1. The first-order valence-electron chi connectivity index (χ1n) is 10.2. The maximum atomic E-state index is 12.3. The fourth-order valence-corrected chi connectivity index (χ4v) is 4.32. The van der Waals surface area contributed by atoms with Crippen molar-refractivity contribution in [2.75, 3.05) is 13.2 Å². The number of nitrogens with one attached hydrogen (secondary N) is 1. The number of para-hydroxylation sites is 1. The Morgan fingerprint density at radius 2 is 1.96 bits per heavy atom. The van der Waals surface area contributed by atoms with Crippen LogP contribution < -0.4 is 0 Å². The topological polar surface area (TPSA) is 51.3 Å². The van der Waals surface area contributed by atoms with Crippen LogP contribution in [0, 0.1) is 0 Å². The van der Waals surface area contributed by atoms with Gasteiger partial charge in [-0.25, -0.2) is 4.79 Å². The van der Waals surface area contributed by atoms with Crippen LogP contribution in [0.15, 0.2) is 48.5 Å². The summed E-state index contributed by atoms with van der Waals surface area (Å²) in [5.74, 6) is -0.284. The van der Waals surface area contributed by atoms with E-state index in [1.165, 1.54) is 22.0 Å². The van der Waals surface area contributed by atoms with Crippen molar-refractivity contribution in [3.63, 3.8) is 0 Å². The van der Waals surface area contributed by atoms with Crippen LogP contribution in [0.4, 0.5) is 0 Å². The maximum Gasteiger partial charge on any atom is 0.338 e. The van der Waals surface area contributed by atoms with E-state index in [0.29, 0.717) is 25.2 Å². The molecule has 0 saturated heterocycles. The van der Waals surface area contributed by atoms with Crippen LogP contribution in [0.2, 0.25) is 0 Å². The molecule has 0 radical (unpaired) electrons. The number of H-pyrrole nitrogens is 1. The number of benzene rings is 2. The van der Waals surface area contributed by atoms with Crippen LogP contribution in [0.25, 0.3) is 10.9 Å². The fourth-order valence-electron chi connectivity index (χ4n) is 4.32. The average molecular weight is 377 g/mol. The van der Waals surface area contributed by atoms with Gasteiger partial charge >= 0.3 is 5.97 Å². The van der Waals surface area contributed by atoms with E-state index in [-0.39, 0.29) is 5.97 Å². The zero-order valence-corrected chi connectivity index (χ0v) is 16.6. The van der Waals surface area contributed by atoms with Gasteiger partial charge in [0.15, 0.2) is 0 Å². The highest BCUT2D eigenvalue weighted by Gasteiger charge is 2.39. The molecule has 1 N–H and O–H groups in total. The highest BCUT2D eigenvalue weighted by molar-refractivity contribution is 5.89. The number of hydrogen-bond donors (Lipinski definition) is 1. The summed E-state index contributed by atoms with van der Waals surface area (Å²) in [5, 5.41) is 1.30. The number of aryl methyl sites for hydroxylation is 1. The molecule has 1 aromatic heterocycles. The maximum absolute atomic E-state index is 12.3. The molecule has 0 fully saturated rings. The molecular formula is C24H27NO3. The zero-order valence-electron chi connectivity index (χ0n) is 16.6. The first kappa shape index (κ1) is 18.8. The van der Waals surface area contributed by atoms with Gasteiger partial charge < -0.3 is 14.5 Å². The normalized spacial score (nSPS) is 18.8. The van der Waals surface area contributed by atoms with Crippen molar-refractivity contribution in [1.29, 1.82) is 0 Å². The third-order valence-corrected chi connectivity index (χ3v) is 5.91. The van der Waals surface area contributed by atoms with E-state index in [1.54, 1.807) is 12.1 Å². The van der Waals surface area contributed by atoms with E-state index in [1.807, 2.05) is 18.2 Å². The van der Waals surface area contributed by atoms with E-state index in [4.69, 9.17) is 9.47 Å². The molecule has 0 unspecified atom stereocenters. The minimum absolute atomic E-state index is 0.284. The molecule has 4 rings (SSSR count). The standard InChI is InChI=1S/C24H27NO3/c1-3-17-11-8-12-19-20-13-15-28-24(4-2,22(20)25-21(17)19)14-16-27-23(26)18-9-6-5-7-10-18/h5-12,25H,3-4,13-16H2,1-2H3/t24-/m0/s1. The number of ether oxygens (including phenoxy) is 2. The molecule has 2 aromatic carbocycles. The van der Waals surface area contributed by atoms with Gasteiger partial charge in [0, 0.05) is 17.3 Å². The predicted molar refractivity (Wildman–Crippen MR) is 111 cm³/mol. The SMILES string of the molecule is CCc1cccc2c3c([nH]c12)[C@](CC)(CCOC(=O)c1ccccc1)OCC3. The minimum atomic E-state index is -0.436. The molecule has 28 heavy (non-hydrogen) atoms. The van der Waals surface area contributed by atoms with E-state index < -0.39 is 5.60 Å². The Kier molecular flexibility index (Phi) is 5.23. The lowest BCUT2D eigenvalue weighted by atomic mass is 9.86. The molecule has 2 heterocycles. The molecule has 0 bridgehead atoms. The van der Waals surface area contributed by atoms with Gasteiger partial charge in [0.2, 0.25) is 0 Å². The summed E-state index contributed by atoms with van der Waals surface area (Å²) in [4.78, 5) is 16.0. The van der Waals surface area contributed by atoms with Crippen molar-refractivity contribution in [2.24, 2.45) is 0 Å². The Hall–Kier alpha value is -2.59. The van der Waals surface area contributed by atoms with Crippen molar-refractivity contribution >= 4 is 16.9 Å². The summed E-state index contributed by atoms with van der Waals surface area (Å²) >= 11 is 0. The molecule has 4 nitrogen and oxygen atoms in total. The van der Waals surface area contributed by atoms with Gasteiger partial charge in [-0.3, -0.25) is 0 Å². The van der Waals surface area contributed by atoms with Crippen molar-refractivity contribution in [2.45, 2.75) is 45.1 Å². The summed E-state index contributed by atoms with van der Waals surface area (Å²) in [6, 6.07) is 15.6. The van der Waals surface area contributed by atoms with Crippen LogP contribution in [-0.2, 0) is 27.9 Å². The lowest BCUT2D eigenvalue weighted by Crippen LogP contribution is -2.36. The third-order valence-electron chi connectivity index (χ3n) is 5.91. The van der Waals surface area contributed by atoms with Crippen molar-refractivity contribution in [3.8, 4) is 0 Å². The highest BCUT2D eigenvalue weighted by atomic mass is 16.5. The molecule has 4 heteroatoms. The number of carbonyl (C=O) groups excluding carboxylic acids is 1. The molecule has 146 valence electrons. The van der Waals surface area contributed by atoms with Crippen LogP contribution in [0.1, 0.15) is 53.9 Å². The van der Waals surface area contributed by atoms with Gasteiger partial charge in [0.25, 0.3) is 0 Å². The molecule has 1 aliphatic rings. The average Bonchev–Trinajstić information content (AvgIpc) is 3.14. The monoisotopic (exact) mass is 377 g/mol. The van der Waals surface area contributed by atoms with E-state index in [2.05, 4.69) is 37.0 Å². The Labute approximate surface area is 165 Å². The Morgan fingerprint density at radius 1 is 1.14 bits per heavy atom. The zero-order chi connectivity index (χ0) is 19.6. The molecule has 1 atom stereocenters. The van der Waals surface area contributed by atoms with Crippen LogP contribution >= 0.6 is 0 Å². The van der Waals surface area contributed by atoms with Gasteiger partial charge in [-0.15, -0.1) is 0 Å². The summed E-state index contributed by atoms with van der Waals surface area (Å²) in [6.45, 7) is 5.34. The highest BCUT2D eigenvalue weighted by Crippen LogP contribution is 2.42. The number of rotatable bonds is 6. The molecule has 0 spiro atoms. The Bertz CT molecular complexity index is 976. The van der Waals surface area contributed by atoms with Crippen LogP contribution in [-0.4, -0.2) is 24.2 Å². The van der Waals surface area contributed by atoms with Crippen molar-refractivity contribution in [1.82, 2.24) is 4.98 Å². The van der Waals surface area contributed by atoms with Gasteiger partial charge in [-0.05, 0) is 42.5 Å². The van der Waals surface area contributed by atoms with Crippen LogP contribution in [0.5, 0.6) is 0 Å². The van der Waals surface area contributed by atoms with Crippen molar-refractivity contribution in [3.05, 3.63) is 70.9 Å². The van der Waals surface area contributed by atoms with Gasteiger partial charge in [0.05, 0.1) is 24.5 Å². The largest absolute Gasteiger partial charge is 0.462 e. The predicted octanol–water partition coefficient (Wildman–Crippen LogP) is 5.16. The van der Waals surface area contributed by atoms with Crippen LogP contribution in [0.3, 0.4) is 0 Å². The summed E-state index contributed by atoms with van der Waals surface area (Å²) in [5.41, 5.74) is 5.21. The number of aromatic nitrogens is 1. The number of carbonyl (C=O) groups is 1. The number of fused-ring (bicyclic) bond motifs is 3. The summed E-state index contributed by atoms with van der Waals surface area (Å²) in [7, 11) is 0. The first-order valence-corrected chi connectivity index (χ1v) is 10.2. The fraction of sp³-hybridized carbons (Fsp3) is 0.375. The number of hydrogen-bond acceptors (Lipinski definition) is 3. The smallest absolute Gasteiger partial charge is 0.338 e. The lowest BCUT2D eigenvalue weighted by Gasteiger charge is -2.36. The second-order valence-electron chi connectivity index (χ2n) is 7.37. The van der Waals surface area contributed by atoms with E-state index >= 15 is 0 Å². The molecule has 0 aliphatic carbocycles. The lowest BCUT2D eigenvalue weighted by molar-refractivity contribution is -0.0811.